The van der Waals surface area contributed by atoms with Gasteiger partial charge >= 0.3 is 0 Å². The fourth-order valence-corrected chi connectivity index (χ4v) is 3.84. The third-order valence-electron chi connectivity index (χ3n) is 5.12. The maximum absolute atomic E-state index is 6.06. The van der Waals surface area contributed by atoms with Crippen molar-refractivity contribution in [2.45, 2.75) is 12.5 Å². The Morgan fingerprint density at radius 1 is 1.14 bits per heavy atom. The molecule has 4 aromatic rings. The van der Waals surface area contributed by atoms with Crippen molar-refractivity contribution < 1.29 is 0 Å². The molecule has 1 fully saturated rings. The van der Waals surface area contributed by atoms with Crippen LogP contribution in [-0.4, -0.2) is 43.9 Å². The van der Waals surface area contributed by atoms with Crippen molar-refractivity contribution >= 4 is 34.3 Å². The quantitative estimate of drug-likeness (QED) is 0.557. The lowest BCUT2D eigenvalue weighted by molar-refractivity contribution is 0.768. The number of pyridine rings is 1. The Labute approximate surface area is 173 Å². The van der Waals surface area contributed by atoms with E-state index in [0.717, 1.165) is 58.5 Å². The van der Waals surface area contributed by atoms with Gasteiger partial charge < -0.3 is 10.2 Å². The third-order valence-corrected chi connectivity index (χ3v) is 5.35. The van der Waals surface area contributed by atoms with Crippen LogP contribution in [0.3, 0.4) is 0 Å². The summed E-state index contributed by atoms with van der Waals surface area (Å²) in [5.41, 5.74) is 2.81. The number of halogens is 1. The number of fused-ring (bicyclic) bond motifs is 1. The maximum atomic E-state index is 6.06. The van der Waals surface area contributed by atoms with Crippen LogP contribution in [0.15, 0.2) is 55.0 Å². The summed E-state index contributed by atoms with van der Waals surface area (Å²) in [6.45, 7) is 1.73. The van der Waals surface area contributed by atoms with Crippen molar-refractivity contribution in [2.75, 3.05) is 23.3 Å². The molecule has 0 saturated carbocycles. The molecule has 7 nitrogen and oxygen atoms in total. The normalized spacial score (nSPS) is 16.5. The Balaban J connectivity index is 1.30. The lowest BCUT2D eigenvalue weighted by atomic mass is 10.2. The standard InChI is InChI=1S/C21H20ClN7/c1-28-12-15(11-24-28)19-6-8-23-21(27-19)29-9-7-17(13-29)25-20-5-2-14-10-16(22)3-4-18(14)26-20/h2-6,8,10-12,17H,7,9,13H2,1H3,(H,25,26). The second-order valence-corrected chi connectivity index (χ2v) is 7.69. The largest absolute Gasteiger partial charge is 0.365 e. The Bertz CT molecular complexity index is 1170. The molecule has 1 aliphatic rings. The van der Waals surface area contributed by atoms with Gasteiger partial charge in [0.2, 0.25) is 5.95 Å². The van der Waals surface area contributed by atoms with E-state index in [1.54, 1.807) is 10.9 Å². The van der Waals surface area contributed by atoms with E-state index in [1.807, 2.05) is 55.8 Å². The average Bonchev–Trinajstić information content (AvgIpc) is 3.37. The number of rotatable bonds is 4. The van der Waals surface area contributed by atoms with Gasteiger partial charge in [-0.2, -0.15) is 5.10 Å². The smallest absolute Gasteiger partial charge is 0.225 e. The first-order chi connectivity index (χ1) is 14.1. The van der Waals surface area contributed by atoms with Crippen LogP contribution in [0.2, 0.25) is 5.02 Å². The number of benzene rings is 1. The van der Waals surface area contributed by atoms with E-state index in [1.165, 1.54) is 0 Å². The highest BCUT2D eigenvalue weighted by molar-refractivity contribution is 6.31. The first-order valence-corrected chi connectivity index (χ1v) is 9.92. The van der Waals surface area contributed by atoms with Crippen molar-refractivity contribution in [3.05, 3.63) is 60.0 Å². The van der Waals surface area contributed by atoms with E-state index in [2.05, 4.69) is 20.3 Å². The Kier molecular flexibility index (Phi) is 4.52. The minimum atomic E-state index is 0.290. The first kappa shape index (κ1) is 17.9. The molecule has 5 rings (SSSR count). The number of nitrogens with one attached hydrogen (secondary N) is 1. The van der Waals surface area contributed by atoms with Crippen LogP contribution in [0, 0.1) is 0 Å². The predicted molar refractivity (Wildman–Crippen MR) is 115 cm³/mol. The maximum Gasteiger partial charge on any atom is 0.225 e. The molecular weight excluding hydrogens is 386 g/mol. The lowest BCUT2D eigenvalue weighted by Gasteiger charge is -2.17. The summed E-state index contributed by atoms with van der Waals surface area (Å²) in [6, 6.07) is 12.0. The Morgan fingerprint density at radius 3 is 2.93 bits per heavy atom. The molecule has 1 atom stereocenters. The van der Waals surface area contributed by atoms with Crippen molar-refractivity contribution in [3.8, 4) is 11.3 Å². The van der Waals surface area contributed by atoms with Crippen LogP contribution in [0.1, 0.15) is 6.42 Å². The van der Waals surface area contributed by atoms with Crippen LogP contribution in [-0.2, 0) is 7.05 Å². The molecule has 0 bridgehead atoms. The molecule has 1 unspecified atom stereocenters. The summed E-state index contributed by atoms with van der Waals surface area (Å²) in [6.07, 6.45) is 6.58. The van der Waals surface area contributed by atoms with Gasteiger partial charge in [0.05, 0.1) is 17.4 Å². The average molecular weight is 406 g/mol. The minimum Gasteiger partial charge on any atom is -0.365 e. The van der Waals surface area contributed by atoms with E-state index in [9.17, 15) is 0 Å². The summed E-state index contributed by atoms with van der Waals surface area (Å²) < 4.78 is 1.78. The zero-order valence-corrected chi connectivity index (χ0v) is 16.7. The number of aryl methyl sites for hydroxylation is 1. The number of hydrogen-bond donors (Lipinski definition) is 1. The van der Waals surface area contributed by atoms with Gasteiger partial charge in [-0.15, -0.1) is 0 Å². The van der Waals surface area contributed by atoms with Crippen molar-refractivity contribution in [1.29, 1.82) is 0 Å². The van der Waals surface area contributed by atoms with Gasteiger partial charge in [-0.3, -0.25) is 4.68 Å². The van der Waals surface area contributed by atoms with E-state index in [4.69, 9.17) is 21.6 Å². The van der Waals surface area contributed by atoms with Gasteiger partial charge in [0.1, 0.15) is 5.82 Å². The van der Waals surface area contributed by atoms with Crippen molar-refractivity contribution in [2.24, 2.45) is 7.05 Å². The predicted octanol–water partition coefficient (Wildman–Crippen LogP) is 3.77. The molecule has 29 heavy (non-hydrogen) atoms. The highest BCUT2D eigenvalue weighted by Crippen LogP contribution is 2.24. The number of hydrogen-bond acceptors (Lipinski definition) is 6. The topological polar surface area (TPSA) is 71.8 Å². The van der Waals surface area contributed by atoms with Gasteiger partial charge in [0.15, 0.2) is 0 Å². The highest BCUT2D eigenvalue weighted by atomic mass is 35.5. The molecular formula is C21H20ClN7. The van der Waals surface area contributed by atoms with Crippen LogP contribution in [0.5, 0.6) is 0 Å². The summed E-state index contributed by atoms with van der Waals surface area (Å²) in [5, 5.41) is 9.53. The van der Waals surface area contributed by atoms with Crippen molar-refractivity contribution in [3.63, 3.8) is 0 Å². The molecule has 1 saturated heterocycles. The summed E-state index contributed by atoms with van der Waals surface area (Å²) in [7, 11) is 1.90. The minimum absolute atomic E-state index is 0.290. The molecule has 3 aromatic heterocycles. The number of anilines is 2. The number of nitrogens with zero attached hydrogens (tertiary/aromatic N) is 6. The van der Waals surface area contributed by atoms with E-state index < -0.39 is 0 Å². The molecule has 1 N–H and O–H groups in total. The molecule has 0 aliphatic carbocycles. The lowest BCUT2D eigenvalue weighted by Crippen LogP contribution is -2.27. The highest BCUT2D eigenvalue weighted by Gasteiger charge is 2.25. The number of aromatic nitrogens is 5. The fourth-order valence-electron chi connectivity index (χ4n) is 3.66. The summed E-state index contributed by atoms with van der Waals surface area (Å²) in [5.74, 6) is 1.62. The molecule has 146 valence electrons. The summed E-state index contributed by atoms with van der Waals surface area (Å²) in [4.78, 5) is 16.1. The molecule has 0 spiro atoms. The molecule has 0 radical (unpaired) electrons. The third kappa shape index (κ3) is 3.73. The zero-order valence-electron chi connectivity index (χ0n) is 16.0. The monoisotopic (exact) mass is 405 g/mol. The van der Waals surface area contributed by atoms with E-state index >= 15 is 0 Å². The second kappa shape index (κ2) is 7.33. The second-order valence-electron chi connectivity index (χ2n) is 7.25. The van der Waals surface area contributed by atoms with E-state index in [0.29, 0.717) is 0 Å². The fraction of sp³-hybridized carbons (Fsp3) is 0.238. The van der Waals surface area contributed by atoms with Gasteiger partial charge in [0.25, 0.3) is 0 Å². The zero-order chi connectivity index (χ0) is 19.8. The van der Waals surface area contributed by atoms with Crippen LogP contribution in [0.25, 0.3) is 22.2 Å². The SMILES string of the molecule is Cn1cc(-c2ccnc(N3CCC(Nc4ccc5cc(Cl)ccc5n4)C3)n2)cn1. The van der Waals surface area contributed by atoms with Gasteiger partial charge in [-0.25, -0.2) is 15.0 Å². The Morgan fingerprint density at radius 2 is 2.07 bits per heavy atom. The summed E-state index contributed by atoms with van der Waals surface area (Å²) >= 11 is 6.06. The molecule has 0 amide bonds. The van der Waals surface area contributed by atoms with Gasteiger partial charge in [-0.1, -0.05) is 11.6 Å². The molecule has 1 aliphatic heterocycles. The Hall–Kier alpha value is -3.19. The van der Waals surface area contributed by atoms with E-state index in [-0.39, 0.29) is 6.04 Å². The molecule has 4 heterocycles. The van der Waals surface area contributed by atoms with Crippen LogP contribution < -0.4 is 10.2 Å². The van der Waals surface area contributed by atoms with Crippen molar-refractivity contribution in [1.82, 2.24) is 24.7 Å². The molecule has 8 heteroatoms. The van der Waals surface area contributed by atoms with Crippen LogP contribution in [0.4, 0.5) is 11.8 Å². The first-order valence-electron chi connectivity index (χ1n) is 9.54. The van der Waals surface area contributed by atoms with Gasteiger partial charge in [-0.05, 0) is 42.8 Å². The van der Waals surface area contributed by atoms with Gasteiger partial charge in [0, 0.05) is 54.5 Å². The molecule has 1 aromatic carbocycles. The van der Waals surface area contributed by atoms with Crippen LogP contribution >= 0.6 is 11.6 Å².